The molecule has 0 amide bonds. The minimum atomic E-state index is -3.78. The monoisotopic (exact) mass is 440 g/mol. The van der Waals surface area contributed by atoms with Crippen molar-refractivity contribution in [2.75, 3.05) is 40.4 Å². The summed E-state index contributed by atoms with van der Waals surface area (Å²) in [6.45, 7) is 2.14. The smallest absolute Gasteiger partial charge is 0.243 e. The Kier molecular flexibility index (Phi) is 6.18. The van der Waals surface area contributed by atoms with Crippen LogP contribution in [0.3, 0.4) is 0 Å². The average Bonchev–Trinajstić information content (AvgIpc) is 2.73. The van der Waals surface area contributed by atoms with Gasteiger partial charge in [0.1, 0.15) is 0 Å². The fourth-order valence-corrected chi connectivity index (χ4v) is 6.17. The summed E-state index contributed by atoms with van der Waals surface area (Å²) in [7, 11) is -4.54. The summed E-state index contributed by atoms with van der Waals surface area (Å²) in [5, 5.41) is 0. The summed E-state index contributed by atoms with van der Waals surface area (Å²) in [6, 6.07) is 11.1. The predicted octanol–water partition coefficient (Wildman–Crippen LogP) is 1.71. The standard InChI is InChI=1S/C19H24N2O6S2/c1-15-5-4-6-16(13-15)28(22,23)20-9-11-21(12-10-20)29(24,25)17-7-8-18(26-2)19(14-17)27-3/h4-8,13-14H,9-12H2,1-3H3. The minimum absolute atomic E-state index is 0.0712. The van der Waals surface area contributed by atoms with Gasteiger partial charge in [0.2, 0.25) is 20.0 Å². The largest absolute Gasteiger partial charge is 0.493 e. The zero-order valence-electron chi connectivity index (χ0n) is 16.5. The third-order valence-electron chi connectivity index (χ3n) is 4.82. The Morgan fingerprint density at radius 3 is 1.72 bits per heavy atom. The van der Waals surface area contributed by atoms with Crippen molar-refractivity contribution in [1.82, 2.24) is 8.61 Å². The first-order chi connectivity index (χ1) is 13.7. The fourth-order valence-electron chi connectivity index (χ4n) is 3.20. The van der Waals surface area contributed by atoms with Gasteiger partial charge in [0.25, 0.3) is 0 Å². The van der Waals surface area contributed by atoms with Crippen LogP contribution in [0.25, 0.3) is 0 Å². The van der Waals surface area contributed by atoms with E-state index in [2.05, 4.69) is 0 Å². The van der Waals surface area contributed by atoms with Crippen LogP contribution in [0.2, 0.25) is 0 Å². The highest BCUT2D eigenvalue weighted by atomic mass is 32.2. The Morgan fingerprint density at radius 2 is 1.24 bits per heavy atom. The van der Waals surface area contributed by atoms with Gasteiger partial charge in [0, 0.05) is 32.2 Å². The molecule has 0 N–H and O–H groups in total. The van der Waals surface area contributed by atoms with E-state index >= 15 is 0 Å². The molecule has 0 saturated carbocycles. The molecule has 2 aromatic rings. The van der Waals surface area contributed by atoms with Gasteiger partial charge >= 0.3 is 0 Å². The van der Waals surface area contributed by atoms with Crippen LogP contribution in [-0.2, 0) is 20.0 Å². The van der Waals surface area contributed by atoms with Crippen molar-refractivity contribution in [3.05, 3.63) is 48.0 Å². The van der Waals surface area contributed by atoms with Gasteiger partial charge in [-0.15, -0.1) is 0 Å². The molecule has 2 aromatic carbocycles. The molecular weight excluding hydrogens is 416 g/mol. The molecule has 29 heavy (non-hydrogen) atoms. The van der Waals surface area contributed by atoms with E-state index < -0.39 is 20.0 Å². The van der Waals surface area contributed by atoms with Gasteiger partial charge in [0.05, 0.1) is 24.0 Å². The first-order valence-electron chi connectivity index (χ1n) is 8.99. The molecule has 10 heteroatoms. The number of hydrogen-bond acceptors (Lipinski definition) is 6. The zero-order chi connectivity index (χ0) is 21.2. The Balaban J connectivity index is 1.78. The van der Waals surface area contributed by atoms with Crippen LogP contribution in [0.4, 0.5) is 0 Å². The van der Waals surface area contributed by atoms with Crippen LogP contribution < -0.4 is 9.47 Å². The van der Waals surface area contributed by atoms with Gasteiger partial charge in [-0.05, 0) is 36.8 Å². The second-order valence-electron chi connectivity index (χ2n) is 6.64. The molecule has 0 bridgehead atoms. The molecule has 1 aliphatic rings. The second-order valence-corrected chi connectivity index (χ2v) is 10.5. The number of aryl methyl sites for hydroxylation is 1. The topological polar surface area (TPSA) is 93.2 Å². The highest BCUT2D eigenvalue weighted by Gasteiger charge is 2.34. The molecule has 1 aliphatic heterocycles. The van der Waals surface area contributed by atoms with E-state index in [1.165, 1.54) is 41.0 Å². The van der Waals surface area contributed by atoms with E-state index in [9.17, 15) is 16.8 Å². The van der Waals surface area contributed by atoms with E-state index in [0.29, 0.717) is 11.5 Å². The molecule has 0 atom stereocenters. The van der Waals surface area contributed by atoms with Crippen LogP contribution in [-0.4, -0.2) is 65.8 Å². The number of hydrogen-bond donors (Lipinski definition) is 0. The molecule has 1 fully saturated rings. The first kappa shape index (κ1) is 21.6. The number of nitrogens with zero attached hydrogens (tertiary/aromatic N) is 2. The lowest BCUT2D eigenvalue weighted by Gasteiger charge is -2.33. The number of ether oxygens (including phenoxy) is 2. The summed E-state index contributed by atoms with van der Waals surface area (Å²) in [6.07, 6.45) is 0. The summed E-state index contributed by atoms with van der Waals surface area (Å²) < 4.78 is 64.6. The van der Waals surface area contributed by atoms with Crippen LogP contribution in [0.1, 0.15) is 5.56 Å². The van der Waals surface area contributed by atoms with E-state index in [1.807, 2.05) is 13.0 Å². The molecule has 0 aromatic heterocycles. The van der Waals surface area contributed by atoms with Gasteiger partial charge in [-0.25, -0.2) is 16.8 Å². The third-order valence-corrected chi connectivity index (χ3v) is 8.61. The van der Waals surface area contributed by atoms with Crippen LogP contribution in [0.15, 0.2) is 52.3 Å². The van der Waals surface area contributed by atoms with Crippen LogP contribution >= 0.6 is 0 Å². The van der Waals surface area contributed by atoms with Crippen molar-refractivity contribution in [1.29, 1.82) is 0 Å². The molecule has 8 nitrogen and oxygen atoms in total. The fraction of sp³-hybridized carbons (Fsp3) is 0.368. The van der Waals surface area contributed by atoms with Gasteiger partial charge in [-0.1, -0.05) is 12.1 Å². The number of rotatable bonds is 6. The Morgan fingerprint density at radius 1 is 0.724 bits per heavy atom. The quantitative estimate of drug-likeness (QED) is 0.679. The average molecular weight is 441 g/mol. The van der Waals surface area contributed by atoms with Gasteiger partial charge in [0.15, 0.2) is 11.5 Å². The molecule has 0 aliphatic carbocycles. The van der Waals surface area contributed by atoms with E-state index in [0.717, 1.165) is 5.56 Å². The van der Waals surface area contributed by atoms with Crippen LogP contribution in [0.5, 0.6) is 11.5 Å². The lowest BCUT2D eigenvalue weighted by molar-refractivity contribution is 0.272. The van der Waals surface area contributed by atoms with Crippen LogP contribution in [0, 0.1) is 6.92 Å². The molecule has 158 valence electrons. The first-order valence-corrected chi connectivity index (χ1v) is 11.9. The van der Waals surface area contributed by atoms with E-state index in [4.69, 9.17) is 9.47 Å². The summed E-state index contributed by atoms with van der Waals surface area (Å²) >= 11 is 0. The molecule has 0 radical (unpaired) electrons. The van der Waals surface area contributed by atoms with Crippen molar-refractivity contribution in [2.24, 2.45) is 0 Å². The van der Waals surface area contributed by atoms with E-state index in [1.54, 1.807) is 18.2 Å². The molecular formula is C19H24N2O6S2. The Hall–Kier alpha value is -2.14. The molecule has 1 saturated heterocycles. The van der Waals surface area contributed by atoms with Gasteiger partial charge < -0.3 is 9.47 Å². The summed E-state index contributed by atoms with van der Waals surface area (Å²) in [5.41, 5.74) is 0.848. The molecule has 3 rings (SSSR count). The molecule has 1 heterocycles. The van der Waals surface area contributed by atoms with Gasteiger partial charge in [-0.2, -0.15) is 8.61 Å². The summed E-state index contributed by atoms with van der Waals surface area (Å²) in [5.74, 6) is 0.745. The SMILES string of the molecule is COc1ccc(S(=O)(=O)N2CCN(S(=O)(=O)c3cccc(C)c3)CC2)cc1OC. The maximum absolute atomic E-state index is 13.0. The number of piperazine rings is 1. The van der Waals surface area contributed by atoms with Crippen molar-refractivity contribution in [2.45, 2.75) is 16.7 Å². The maximum atomic E-state index is 13.0. The lowest BCUT2D eigenvalue weighted by Crippen LogP contribution is -2.50. The second kappa shape index (κ2) is 8.31. The maximum Gasteiger partial charge on any atom is 0.243 e. The summed E-state index contributed by atoms with van der Waals surface area (Å²) in [4.78, 5) is 0.291. The normalized spacial score (nSPS) is 16.5. The zero-order valence-corrected chi connectivity index (χ0v) is 18.2. The number of benzene rings is 2. The number of sulfonamides is 2. The minimum Gasteiger partial charge on any atom is -0.493 e. The predicted molar refractivity (Wildman–Crippen MR) is 108 cm³/mol. The lowest BCUT2D eigenvalue weighted by atomic mass is 10.2. The highest BCUT2D eigenvalue weighted by Crippen LogP contribution is 2.31. The highest BCUT2D eigenvalue weighted by molar-refractivity contribution is 7.89. The number of methoxy groups -OCH3 is 2. The van der Waals surface area contributed by atoms with Gasteiger partial charge in [-0.3, -0.25) is 0 Å². The van der Waals surface area contributed by atoms with E-state index in [-0.39, 0.29) is 36.0 Å². The molecule has 0 unspecified atom stereocenters. The Labute approximate surface area is 171 Å². The van der Waals surface area contributed by atoms with Crippen molar-refractivity contribution >= 4 is 20.0 Å². The Bertz CT molecular complexity index is 1090. The van der Waals surface area contributed by atoms with Crippen molar-refractivity contribution < 1.29 is 26.3 Å². The molecule has 0 spiro atoms. The third kappa shape index (κ3) is 4.25. The van der Waals surface area contributed by atoms with Crippen molar-refractivity contribution in [3.63, 3.8) is 0 Å². The van der Waals surface area contributed by atoms with Crippen molar-refractivity contribution in [3.8, 4) is 11.5 Å².